The first-order valence-corrected chi connectivity index (χ1v) is 8.78. The number of nitrogens with one attached hydrogen (secondary N) is 1. The van der Waals surface area contributed by atoms with Crippen molar-refractivity contribution in [3.63, 3.8) is 0 Å². The van der Waals surface area contributed by atoms with Gasteiger partial charge in [-0.05, 0) is 49.8 Å². The molecular weight excluding hydrogens is 346 g/mol. The Kier molecular flexibility index (Phi) is 5.21. The normalized spacial score (nSPS) is 20.7. The summed E-state index contributed by atoms with van der Waals surface area (Å²) in [7, 11) is 0. The van der Waals surface area contributed by atoms with Crippen molar-refractivity contribution in [2.75, 3.05) is 11.9 Å². The maximum Gasteiger partial charge on any atom is 0.338 e. The molecule has 2 aliphatic heterocycles. The number of fused-ring (bicyclic) bond motifs is 1. The van der Waals surface area contributed by atoms with E-state index < -0.39 is 11.5 Å². The van der Waals surface area contributed by atoms with Crippen molar-refractivity contribution in [3.05, 3.63) is 54.3 Å². The number of aliphatic imine (C=N–C) groups is 1. The average molecular weight is 367 g/mol. The fraction of sp³-hybridized carbons (Fsp3) is 0.300. The fourth-order valence-corrected chi connectivity index (χ4v) is 2.91. The van der Waals surface area contributed by atoms with Crippen molar-refractivity contribution in [1.82, 2.24) is 4.90 Å². The van der Waals surface area contributed by atoms with Gasteiger partial charge in [0.2, 0.25) is 0 Å². The van der Waals surface area contributed by atoms with E-state index in [9.17, 15) is 14.4 Å². The van der Waals surface area contributed by atoms with Gasteiger partial charge in [0.1, 0.15) is 11.4 Å². The molecule has 2 heterocycles. The summed E-state index contributed by atoms with van der Waals surface area (Å²) in [6.45, 7) is 3.99. The van der Waals surface area contributed by atoms with Gasteiger partial charge in [-0.1, -0.05) is 13.0 Å². The topological polar surface area (TPSA) is 88.1 Å². The van der Waals surface area contributed by atoms with Gasteiger partial charge in [-0.25, -0.2) is 4.79 Å². The molecule has 1 aromatic rings. The van der Waals surface area contributed by atoms with Crippen LogP contribution in [-0.2, 0) is 14.3 Å². The minimum absolute atomic E-state index is 0.0259. The van der Waals surface area contributed by atoms with Crippen LogP contribution in [0, 0.1) is 0 Å². The highest BCUT2D eigenvalue weighted by molar-refractivity contribution is 6.12. The second-order valence-electron chi connectivity index (χ2n) is 6.55. The molecule has 1 atom stereocenters. The maximum absolute atomic E-state index is 12.9. The van der Waals surface area contributed by atoms with E-state index in [0.717, 1.165) is 6.42 Å². The van der Waals surface area contributed by atoms with E-state index in [1.54, 1.807) is 60.5 Å². The van der Waals surface area contributed by atoms with E-state index in [1.807, 2.05) is 6.92 Å². The smallest absolute Gasteiger partial charge is 0.338 e. The molecule has 3 rings (SSSR count). The number of esters is 1. The highest BCUT2D eigenvalue weighted by Crippen LogP contribution is 2.29. The monoisotopic (exact) mass is 367 g/mol. The number of amidine groups is 1. The zero-order chi connectivity index (χ0) is 19.4. The quantitative estimate of drug-likeness (QED) is 0.809. The van der Waals surface area contributed by atoms with Crippen molar-refractivity contribution < 1.29 is 19.1 Å². The molecule has 0 saturated heterocycles. The van der Waals surface area contributed by atoms with Gasteiger partial charge in [0.15, 0.2) is 0 Å². The van der Waals surface area contributed by atoms with E-state index in [4.69, 9.17) is 4.74 Å². The van der Waals surface area contributed by atoms with Crippen molar-refractivity contribution in [2.24, 2.45) is 4.99 Å². The van der Waals surface area contributed by atoms with E-state index in [1.165, 1.54) is 0 Å². The van der Waals surface area contributed by atoms with Crippen LogP contribution in [0.4, 0.5) is 5.69 Å². The third-order valence-electron chi connectivity index (χ3n) is 4.41. The van der Waals surface area contributed by atoms with Crippen molar-refractivity contribution >= 4 is 29.3 Å². The maximum atomic E-state index is 12.9. The molecule has 27 heavy (non-hydrogen) atoms. The van der Waals surface area contributed by atoms with E-state index in [-0.39, 0.29) is 18.2 Å². The standard InChI is InChI=1S/C20H21N3O4/c1-3-12-27-18(25)14-7-9-15(10-8-14)21-19(26)20(2)13-17(24)22-16-6-4-5-11-23(16)20/h4-11H,3,12-13H2,1-2H3,(H,21,26). The highest BCUT2D eigenvalue weighted by atomic mass is 16.5. The SMILES string of the molecule is CCCOC(=O)c1ccc(NC(=O)C2(C)CC(=O)N=C3C=CC=CN32)cc1. The number of hydrogen-bond acceptors (Lipinski definition) is 5. The predicted octanol–water partition coefficient (Wildman–Crippen LogP) is 2.66. The summed E-state index contributed by atoms with van der Waals surface area (Å²) in [5, 5.41) is 2.82. The number of ether oxygens (including phenoxy) is 1. The highest BCUT2D eigenvalue weighted by Gasteiger charge is 2.45. The summed E-state index contributed by atoms with van der Waals surface area (Å²) in [4.78, 5) is 42.5. The lowest BCUT2D eigenvalue weighted by Crippen LogP contribution is -2.58. The van der Waals surface area contributed by atoms with Crippen LogP contribution in [0.15, 0.2) is 53.7 Å². The molecular formula is C20H21N3O4. The van der Waals surface area contributed by atoms with Crippen molar-refractivity contribution in [3.8, 4) is 0 Å². The predicted molar refractivity (Wildman–Crippen MR) is 101 cm³/mol. The Morgan fingerprint density at radius 3 is 2.70 bits per heavy atom. The number of allylic oxidation sites excluding steroid dienone is 2. The lowest BCUT2D eigenvalue weighted by Gasteiger charge is -2.41. The summed E-state index contributed by atoms with van der Waals surface area (Å²) in [6, 6.07) is 6.46. The van der Waals surface area contributed by atoms with E-state index >= 15 is 0 Å². The average Bonchev–Trinajstić information content (AvgIpc) is 2.66. The molecule has 0 aliphatic carbocycles. The Bertz CT molecular complexity index is 854. The summed E-state index contributed by atoms with van der Waals surface area (Å²) in [6.07, 6.45) is 7.71. The van der Waals surface area contributed by atoms with E-state index in [0.29, 0.717) is 23.7 Å². The van der Waals surface area contributed by atoms with Crippen molar-refractivity contribution in [1.29, 1.82) is 0 Å². The van der Waals surface area contributed by atoms with Crippen LogP contribution in [-0.4, -0.2) is 40.7 Å². The lowest BCUT2D eigenvalue weighted by atomic mass is 9.91. The Labute approximate surface area is 157 Å². The molecule has 2 amide bonds. The third kappa shape index (κ3) is 3.81. The molecule has 0 spiro atoms. The molecule has 0 saturated carbocycles. The number of hydrogen-bond donors (Lipinski definition) is 1. The molecule has 0 fully saturated rings. The molecule has 1 unspecified atom stereocenters. The summed E-state index contributed by atoms with van der Waals surface area (Å²) in [5.41, 5.74) is -0.144. The van der Waals surface area contributed by atoms with Gasteiger partial charge in [0.25, 0.3) is 11.8 Å². The number of amides is 2. The molecule has 2 aliphatic rings. The second-order valence-corrected chi connectivity index (χ2v) is 6.55. The molecule has 7 heteroatoms. The Balaban J connectivity index is 1.74. The Morgan fingerprint density at radius 2 is 2.00 bits per heavy atom. The van der Waals surface area contributed by atoms with Crippen molar-refractivity contribution in [2.45, 2.75) is 32.2 Å². The molecule has 1 aromatic carbocycles. The summed E-state index contributed by atoms with van der Waals surface area (Å²) < 4.78 is 5.08. The minimum atomic E-state index is -1.09. The van der Waals surface area contributed by atoms with Gasteiger partial charge in [0.05, 0.1) is 18.6 Å². The number of benzene rings is 1. The van der Waals surface area contributed by atoms with Crippen LogP contribution in [0.3, 0.4) is 0 Å². The molecule has 140 valence electrons. The van der Waals surface area contributed by atoms with Crippen LogP contribution in [0.1, 0.15) is 37.0 Å². The minimum Gasteiger partial charge on any atom is -0.462 e. The summed E-state index contributed by atoms with van der Waals surface area (Å²) >= 11 is 0. The summed E-state index contributed by atoms with van der Waals surface area (Å²) in [5.74, 6) is -0.622. The fourth-order valence-electron chi connectivity index (χ4n) is 2.91. The zero-order valence-corrected chi connectivity index (χ0v) is 15.3. The van der Waals surface area contributed by atoms with Gasteiger partial charge in [-0.2, -0.15) is 4.99 Å². The van der Waals surface area contributed by atoms with Gasteiger partial charge < -0.3 is 15.0 Å². The largest absolute Gasteiger partial charge is 0.462 e. The van der Waals surface area contributed by atoms with Gasteiger partial charge in [-0.15, -0.1) is 0 Å². The van der Waals surface area contributed by atoms with Crippen LogP contribution in [0.2, 0.25) is 0 Å². The van der Waals surface area contributed by atoms with Crippen LogP contribution < -0.4 is 5.32 Å². The van der Waals surface area contributed by atoms with Crippen LogP contribution in [0.25, 0.3) is 0 Å². The third-order valence-corrected chi connectivity index (χ3v) is 4.41. The Hall–Kier alpha value is -3.22. The number of rotatable bonds is 5. The number of carbonyl (C=O) groups is 3. The molecule has 7 nitrogen and oxygen atoms in total. The zero-order valence-electron chi connectivity index (χ0n) is 15.3. The Morgan fingerprint density at radius 1 is 1.26 bits per heavy atom. The molecule has 0 aromatic heterocycles. The first-order valence-electron chi connectivity index (χ1n) is 8.78. The van der Waals surface area contributed by atoms with Crippen LogP contribution >= 0.6 is 0 Å². The van der Waals surface area contributed by atoms with Gasteiger partial charge in [0, 0.05) is 11.9 Å². The lowest BCUT2D eigenvalue weighted by molar-refractivity contribution is -0.130. The molecule has 1 N–H and O–H groups in total. The number of anilines is 1. The van der Waals surface area contributed by atoms with E-state index in [2.05, 4.69) is 10.3 Å². The van der Waals surface area contributed by atoms with Gasteiger partial charge >= 0.3 is 5.97 Å². The molecule has 0 bridgehead atoms. The molecule has 0 radical (unpaired) electrons. The number of nitrogens with zero attached hydrogens (tertiary/aromatic N) is 2. The first-order chi connectivity index (χ1) is 12.9. The first kappa shape index (κ1) is 18.6. The second kappa shape index (κ2) is 7.57. The van der Waals surface area contributed by atoms with Gasteiger partial charge in [-0.3, -0.25) is 9.59 Å². The number of carbonyl (C=O) groups excluding carboxylic acids is 3. The van der Waals surface area contributed by atoms with Crippen LogP contribution in [0.5, 0.6) is 0 Å².